The molecule has 0 atom stereocenters. The van der Waals surface area contributed by atoms with E-state index in [2.05, 4.69) is 10.3 Å². The predicted octanol–water partition coefficient (Wildman–Crippen LogP) is 2.89. The fourth-order valence-corrected chi connectivity index (χ4v) is 4.25. The van der Waals surface area contributed by atoms with E-state index in [1.165, 1.54) is 6.20 Å². The number of nitrogens with one attached hydrogen (secondary N) is 1. The van der Waals surface area contributed by atoms with Gasteiger partial charge < -0.3 is 16.0 Å². The van der Waals surface area contributed by atoms with E-state index in [-0.39, 0.29) is 17.7 Å². The number of primary amides is 1. The van der Waals surface area contributed by atoms with Crippen LogP contribution in [0.3, 0.4) is 0 Å². The van der Waals surface area contributed by atoms with Gasteiger partial charge in [0, 0.05) is 24.6 Å². The topological polar surface area (TPSA) is 105 Å². The zero-order chi connectivity index (χ0) is 20.4. The number of nitrogens with zero attached hydrogens (tertiary/aromatic N) is 2. The molecule has 29 heavy (non-hydrogen) atoms. The highest BCUT2D eigenvalue weighted by Gasteiger charge is 2.29. The fourth-order valence-electron chi connectivity index (χ4n) is 3.58. The highest BCUT2D eigenvalue weighted by molar-refractivity contribution is 7.17. The van der Waals surface area contributed by atoms with Crippen LogP contribution in [0.4, 0.5) is 5.13 Å². The molecule has 2 aromatic carbocycles. The largest absolute Gasteiger partial charge is 0.365 e. The summed E-state index contributed by atoms with van der Waals surface area (Å²) in [5, 5.41) is 5.08. The lowest BCUT2D eigenvalue weighted by atomic mass is 9.95. The minimum absolute atomic E-state index is 0.00770. The van der Waals surface area contributed by atoms with Crippen LogP contribution in [0.15, 0.2) is 48.7 Å². The number of likely N-dealkylation sites (tertiary alicyclic amines) is 1. The van der Waals surface area contributed by atoms with Crippen molar-refractivity contribution in [2.75, 3.05) is 18.4 Å². The van der Waals surface area contributed by atoms with Crippen LogP contribution in [0, 0.1) is 5.92 Å². The molecule has 1 aliphatic heterocycles. The molecule has 1 saturated heterocycles. The number of thiazole rings is 1. The molecule has 0 radical (unpaired) electrons. The minimum atomic E-state index is -0.566. The summed E-state index contributed by atoms with van der Waals surface area (Å²) in [7, 11) is 0. The van der Waals surface area contributed by atoms with Crippen LogP contribution < -0.4 is 11.1 Å². The Hall–Kier alpha value is -3.26. The van der Waals surface area contributed by atoms with Crippen LogP contribution in [-0.4, -0.2) is 40.7 Å². The monoisotopic (exact) mass is 408 g/mol. The summed E-state index contributed by atoms with van der Waals surface area (Å²) in [4.78, 5) is 42.8. The summed E-state index contributed by atoms with van der Waals surface area (Å²) < 4.78 is 0. The molecule has 8 heteroatoms. The summed E-state index contributed by atoms with van der Waals surface area (Å²) in [5.74, 6) is -0.921. The molecule has 1 aliphatic rings. The number of carbonyl (C=O) groups is 3. The molecule has 4 rings (SSSR count). The average molecular weight is 408 g/mol. The van der Waals surface area contributed by atoms with Gasteiger partial charge in [0.25, 0.3) is 11.8 Å². The Balaban J connectivity index is 1.39. The molecule has 148 valence electrons. The van der Waals surface area contributed by atoms with Crippen molar-refractivity contribution in [2.45, 2.75) is 12.8 Å². The smallest absolute Gasteiger partial charge is 0.260 e. The maximum atomic E-state index is 13.0. The predicted molar refractivity (Wildman–Crippen MR) is 112 cm³/mol. The summed E-state index contributed by atoms with van der Waals surface area (Å²) in [6, 6.07) is 13.6. The minimum Gasteiger partial charge on any atom is -0.365 e. The Bertz CT molecular complexity index is 1080. The third-order valence-corrected chi connectivity index (χ3v) is 6.08. The van der Waals surface area contributed by atoms with Crippen LogP contribution in [0.2, 0.25) is 0 Å². The summed E-state index contributed by atoms with van der Waals surface area (Å²) >= 11 is 1.05. The number of benzene rings is 2. The van der Waals surface area contributed by atoms with Crippen LogP contribution >= 0.6 is 11.3 Å². The van der Waals surface area contributed by atoms with E-state index in [1.54, 1.807) is 4.90 Å². The highest BCUT2D eigenvalue weighted by Crippen LogP contribution is 2.25. The maximum absolute atomic E-state index is 13.0. The summed E-state index contributed by atoms with van der Waals surface area (Å²) in [5.41, 5.74) is 5.90. The van der Waals surface area contributed by atoms with Crippen molar-refractivity contribution in [1.29, 1.82) is 0 Å². The molecule has 1 aromatic heterocycles. The van der Waals surface area contributed by atoms with Crippen molar-refractivity contribution in [1.82, 2.24) is 9.88 Å². The molecule has 1 fully saturated rings. The third kappa shape index (κ3) is 3.97. The zero-order valence-corrected chi connectivity index (χ0v) is 16.4. The average Bonchev–Trinajstić information content (AvgIpc) is 3.22. The number of piperidine rings is 1. The Kier molecular flexibility index (Phi) is 5.26. The second-order valence-electron chi connectivity index (χ2n) is 6.98. The molecule has 7 nitrogen and oxygen atoms in total. The Morgan fingerprint density at radius 1 is 1.07 bits per heavy atom. The van der Waals surface area contributed by atoms with Crippen LogP contribution in [0.25, 0.3) is 10.8 Å². The van der Waals surface area contributed by atoms with Crippen LogP contribution in [0.1, 0.15) is 32.9 Å². The van der Waals surface area contributed by atoms with E-state index in [1.807, 2.05) is 42.5 Å². The van der Waals surface area contributed by atoms with Crippen molar-refractivity contribution < 1.29 is 14.4 Å². The normalized spacial score (nSPS) is 14.7. The van der Waals surface area contributed by atoms with E-state index in [0.717, 1.165) is 22.1 Å². The van der Waals surface area contributed by atoms with Gasteiger partial charge in [-0.1, -0.05) is 47.7 Å². The molecule has 0 bridgehead atoms. The van der Waals surface area contributed by atoms with Gasteiger partial charge in [-0.25, -0.2) is 4.98 Å². The van der Waals surface area contributed by atoms with Gasteiger partial charge in [-0.05, 0) is 29.7 Å². The lowest BCUT2D eigenvalue weighted by Gasteiger charge is -2.31. The van der Waals surface area contributed by atoms with Crippen LogP contribution in [0.5, 0.6) is 0 Å². The lowest BCUT2D eigenvalue weighted by Crippen LogP contribution is -2.41. The summed E-state index contributed by atoms with van der Waals surface area (Å²) in [6.07, 6.45) is 2.51. The number of rotatable bonds is 4. The van der Waals surface area contributed by atoms with E-state index in [0.29, 0.717) is 41.5 Å². The number of anilines is 1. The van der Waals surface area contributed by atoms with Crippen molar-refractivity contribution in [2.24, 2.45) is 11.7 Å². The number of carbonyl (C=O) groups excluding carboxylic acids is 3. The first-order valence-electron chi connectivity index (χ1n) is 9.36. The quantitative estimate of drug-likeness (QED) is 0.692. The molecule has 0 spiro atoms. The molecule has 0 aliphatic carbocycles. The van der Waals surface area contributed by atoms with Crippen molar-refractivity contribution in [3.63, 3.8) is 0 Å². The van der Waals surface area contributed by atoms with E-state index in [4.69, 9.17) is 5.73 Å². The standard InChI is InChI=1S/C21H20N4O3S/c22-18(26)17-12-23-21(29-17)24-19(27)14-8-10-25(11-9-14)20(28)16-7-3-5-13-4-1-2-6-15(13)16/h1-7,12,14H,8-11H2,(H2,22,26)(H,23,24,27). The SMILES string of the molecule is NC(=O)c1cnc(NC(=O)C2CCN(C(=O)c3cccc4ccccc34)CC2)s1. The first kappa shape index (κ1) is 19.1. The van der Waals surface area contributed by atoms with Gasteiger partial charge in [0.1, 0.15) is 4.88 Å². The van der Waals surface area contributed by atoms with Crippen LogP contribution in [-0.2, 0) is 4.79 Å². The fraction of sp³-hybridized carbons (Fsp3) is 0.238. The van der Waals surface area contributed by atoms with E-state index >= 15 is 0 Å². The third-order valence-electron chi connectivity index (χ3n) is 5.15. The molecule has 3 aromatic rings. The summed E-state index contributed by atoms with van der Waals surface area (Å²) in [6.45, 7) is 1.04. The van der Waals surface area contributed by atoms with Gasteiger partial charge in [0.2, 0.25) is 5.91 Å². The molecule has 3 amide bonds. The lowest BCUT2D eigenvalue weighted by molar-refractivity contribution is -0.121. The van der Waals surface area contributed by atoms with E-state index in [9.17, 15) is 14.4 Å². The zero-order valence-electron chi connectivity index (χ0n) is 15.6. The number of aromatic nitrogens is 1. The first-order valence-corrected chi connectivity index (χ1v) is 10.2. The van der Waals surface area contributed by atoms with Gasteiger partial charge in [-0.2, -0.15) is 0 Å². The molecule has 3 N–H and O–H groups in total. The molecular formula is C21H20N4O3S. The van der Waals surface area contributed by atoms with Gasteiger partial charge in [0.15, 0.2) is 5.13 Å². The van der Waals surface area contributed by atoms with Crippen molar-refractivity contribution in [3.05, 3.63) is 59.1 Å². The number of fused-ring (bicyclic) bond motifs is 1. The first-order chi connectivity index (χ1) is 14.0. The highest BCUT2D eigenvalue weighted by atomic mass is 32.1. The van der Waals surface area contributed by atoms with Crippen molar-refractivity contribution >= 4 is 45.0 Å². The molecule has 2 heterocycles. The van der Waals surface area contributed by atoms with Gasteiger partial charge >= 0.3 is 0 Å². The maximum Gasteiger partial charge on any atom is 0.260 e. The second-order valence-corrected chi connectivity index (χ2v) is 8.01. The van der Waals surface area contributed by atoms with Gasteiger partial charge in [0.05, 0.1) is 6.20 Å². The number of hydrogen-bond acceptors (Lipinski definition) is 5. The Morgan fingerprint density at radius 3 is 2.52 bits per heavy atom. The molecule has 0 unspecified atom stereocenters. The number of hydrogen-bond donors (Lipinski definition) is 2. The number of nitrogens with two attached hydrogens (primary N) is 1. The second kappa shape index (κ2) is 8.00. The molecule has 0 saturated carbocycles. The van der Waals surface area contributed by atoms with E-state index < -0.39 is 5.91 Å². The van der Waals surface area contributed by atoms with Gasteiger partial charge in [-0.15, -0.1) is 0 Å². The number of amides is 3. The molecular weight excluding hydrogens is 388 g/mol. The Morgan fingerprint density at radius 2 is 1.79 bits per heavy atom. The van der Waals surface area contributed by atoms with Gasteiger partial charge in [-0.3, -0.25) is 14.4 Å². The van der Waals surface area contributed by atoms with Crippen molar-refractivity contribution in [3.8, 4) is 0 Å². The Labute approximate surface area is 171 Å².